The van der Waals surface area contributed by atoms with E-state index >= 15 is 0 Å². The summed E-state index contributed by atoms with van der Waals surface area (Å²) < 4.78 is 5.79. The third-order valence-corrected chi connectivity index (χ3v) is 8.22. The molecule has 3 aliphatic rings. The second-order valence-corrected chi connectivity index (χ2v) is 10.8. The Hall–Kier alpha value is -2.79. The molecule has 0 N–H and O–H groups in total. The maximum absolute atomic E-state index is 13.8. The number of urea groups is 1. The number of piperidine rings is 1. The number of nitrogens with zero attached hydrogens (tertiary/aromatic N) is 3. The van der Waals surface area contributed by atoms with Crippen molar-refractivity contribution in [1.29, 1.82) is 0 Å². The predicted octanol–water partition coefficient (Wildman–Crippen LogP) is 6.94. The van der Waals surface area contributed by atoms with Gasteiger partial charge in [0, 0.05) is 43.4 Å². The Labute approximate surface area is 224 Å². The van der Waals surface area contributed by atoms with Gasteiger partial charge in [0.2, 0.25) is 0 Å². The molecule has 1 spiro atoms. The lowest BCUT2D eigenvalue weighted by atomic mass is 9.82. The van der Waals surface area contributed by atoms with Crippen LogP contribution in [0.4, 0.5) is 4.79 Å². The van der Waals surface area contributed by atoms with Crippen LogP contribution in [0.5, 0.6) is 5.75 Å². The van der Waals surface area contributed by atoms with E-state index in [-0.39, 0.29) is 17.5 Å². The van der Waals surface area contributed by atoms with Gasteiger partial charge in [0.05, 0.1) is 19.2 Å². The summed E-state index contributed by atoms with van der Waals surface area (Å²) in [5.41, 5.74) is 8.62. The van der Waals surface area contributed by atoms with Gasteiger partial charge in [-0.3, -0.25) is 9.80 Å². The fourth-order valence-electron chi connectivity index (χ4n) is 6.83. The van der Waals surface area contributed by atoms with Crippen molar-refractivity contribution in [3.8, 4) is 5.75 Å². The zero-order valence-corrected chi connectivity index (χ0v) is 24.1. The second kappa shape index (κ2) is 10.9. The minimum Gasteiger partial charge on any atom is -0.496 e. The topological polar surface area (TPSA) is 36.0 Å². The van der Waals surface area contributed by atoms with Crippen LogP contribution in [0.1, 0.15) is 79.8 Å². The van der Waals surface area contributed by atoms with E-state index in [0.717, 1.165) is 44.8 Å². The molecular formula is C32H45N3O2. The van der Waals surface area contributed by atoms with E-state index in [1.807, 2.05) is 13.8 Å². The van der Waals surface area contributed by atoms with Crippen LogP contribution in [0.3, 0.4) is 0 Å². The van der Waals surface area contributed by atoms with Gasteiger partial charge in [0.1, 0.15) is 5.75 Å². The van der Waals surface area contributed by atoms with E-state index in [4.69, 9.17) is 4.74 Å². The average Bonchev–Trinajstić information content (AvgIpc) is 2.97. The number of fused-ring (bicyclic) bond motifs is 3. The van der Waals surface area contributed by atoms with Crippen LogP contribution >= 0.6 is 0 Å². The lowest BCUT2D eigenvalue weighted by molar-refractivity contribution is 0.0888. The van der Waals surface area contributed by atoms with Crippen molar-refractivity contribution < 1.29 is 9.53 Å². The Morgan fingerprint density at radius 1 is 0.973 bits per heavy atom. The summed E-state index contributed by atoms with van der Waals surface area (Å²) in [6, 6.07) is 11.3. The van der Waals surface area contributed by atoms with Gasteiger partial charge in [0.15, 0.2) is 0 Å². The Balaban J connectivity index is 0.00000156. The molecule has 1 atom stereocenters. The SMILES string of the molecule is CC.CCN1C(=O)N2Cc3cc(C)cc(OC)c3C(C)C=C2C12CCN(Cc1cc(C)cc(C)c1)CC2. The number of rotatable bonds is 4. The number of hydrogen-bond acceptors (Lipinski definition) is 3. The highest BCUT2D eigenvalue weighted by molar-refractivity contribution is 5.83. The summed E-state index contributed by atoms with van der Waals surface area (Å²) in [6.07, 6.45) is 4.30. The Bertz CT molecular complexity index is 1160. The second-order valence-electron chi connectivity index (χ2n) is 10.8. The molecule has 5 rings (SSSR count). The maximum atomic E-state index is 13.8. The minimum atomic E-state index is -0.219. The fourth-order valence-corrected chi connectivity index (χ4v) is 6.83. The van der Waals surface area contributed by atoms with E-state index in [1.165, 1.54) is 39.1 Å². The van der Waals surface area contributed by atoms with Crippen molar-refractivity contribution in [2.24, 2.45) is 0 Å². The quantitative estimate of drug-likeness (QED) is 0.453. The van der Waals surface area contributed by atoms with Gasteiger partial charge in [-0.1, -0.05) is 62.2 Å². The number of likely N-dealkylation sites (N-methyl/N-ethyl adjacent to an activating group) is 1. The maximum Gasteiger partial charge on any atom is 0.325 e. The number of methoxy groups -OCH3 is 1. The van der Waals surface area contributed by atoms with E-state index < -0.39 is 0 Å². The molecule has 2 aromatic carbocycles. The Morgan fingerprint density at radius 3 is 2.19 bits per heavy atom. The van der Waals surface area contributed by atoms with Crippen molar-refractivity contribution in [2.45, 2.75) is 85.9 Å². The molecular weight excluding hydrogens is 458 g/mol. The molecule has 3 aliphatic heterocycles. The molecule has 2 saturated heterocycles. The zero-order valence-electron chi connectivity index (χ0n) is 24.1. The first-order chi connectivity index (χ1) is 17.8. The molecule has 1 unspecified atom stereocenters. The lowest BCUT2D eigenvalue weighted by Gasteiger charge is -2.44. The van der Waals surface area contributed by atoms with Crippen LogP contribution in [0.15, 0.2) is 42.1 Å². The van der Waals surface area contributed by atoms with E-state index in [1.54, 1.807) is 7.11 Å². The highest BCUT2D eigenvalue weighted by atomic mass is 16.5. The average molecular weight is 504 g/mol. The van der Waals surface area contributed by atoms with Gasteiger partial charge >= 0.3 is 6.03 Å². The van der Waals surface area contributed by atoms with Gasteiger partial charge in [-0.2, -0.15) is 0 Å². The van der Waals surface area contributed by atoms with Crippen molar-refractivity contribution in [2.75, 3.05) is 26.7 Å². The molecule has 3 heterocycles. The first-order valence-corrected chi connectivity index (χ1v) is 14.0. The number of amides is 2. The van der Waals surface area contributed by atoms with Gasteiger partial charge in [-0.15, -0.1) is 0 Å². The molecule has 0 radical (unpaired) electrons. The predicted molar refractivity (Wildman–Crippen MR) is 152 cm³/mol. The Morgan fingerprint density at radius 2 is 1.59 bits per heavy atom. The fraction of sp³-hybridized carbons (Fsp3) is 0.531. The van der Waals surface area contributed by atoms with Gasteiger partial charge in [0.25, 0.3) is 0 Å². The molecule has 2 fully saturated rings. The highest BCUT2D eigenvalue weighted by Crippen LogP contribution is 2.48. The third-order valence-electron chi connectivity index (χ3n) is 8.22. The van der Waals surface area contributed by atoms with Gasteiger partial charge in [-0.25, -0.2) is 4.79 Å². The van der Waals surface area contributed by atoms with Crippen LogP contribution in [-0.2, 0) is 13.1 Å². The summed E-state index contributed by atoms with van der Waals surface area (Å²) in [5.74, 6) is 1.12. The number of allylic oxidation sites excluding steroid dienone is 1. The number of carbonyl (C=O) groups is 1. The third kappa shape index (κ3) is 4.90. The van der Waals surface area contributed by atoms with Crippen molar-refractivity contribution in [1.82, 2.24) is 14.7 Å². The first kappa shape index (κ1) is 27.3. The molecule has 37 heavy (non-hydrogen) atoms. The van der Waals surface area contributed by atoms with E-state index in [9.17, 15) is 4.79 Å². The Kier molecular flexibility index (Phi) is 8.03. The number of hydrogen-bond donors (Lipinski definition) is 0. The number of ether oxygens (including phenoxy) is 1. The summed E-state index contributed by atoms with van der Waals surface area (Å²) in [7, 11) is 1.75. The summed E-state index contributed by atoms with van der Waals surface area (Å²) in [4.78, 5) is 20.5. The van der Waals surface area contributed by atoms with Crippen LogP contribution in [0.25, 0.3) is 0 Å². The number of aryl methyl sites for hydroxylation is 3. The smallest absolute Gasteiger partial charge is 0.325 e. The summed E-state index contributed by atoms with van der Waals surface area (Å²) >= 11 is 0. The molecule has 0 bridgehead atoms. The highest BCUT2D eigenvalue weighted by Gasteiger charge is 2.54. The normalized spacial score (nSPS) is 20.6. The number of carbonyl (C=O) groups excluding carboxylic acids is 1. The summed E-state index contributed by atoms with van der Waals surface area (Å²) in [5, 5.41) is 0. The van der Waals surface area contributed by atoms with Gasteiger partial charge < -0.3 is 9.64 Å². The van der Waals surface area contributed by atoms with Crippen LogP contribution in [0.2, 0.25) is 0 Å². The van der Waals surface area contributed by atoms with E-state index in [0.29, 0.717) is 6.54 Å². The van der Waals surface area contributed by atoms with Gasteiger partial charge in [-0.05, 0) is 63.3 Å². The zero-order chi connectivity index (χ0) is 26.9. The molecule has 2 amide bonds. The van der Waals surface area contributed by atoms with E-state index in [2.05, 4.69) is 85.7 Å². The van der Waals surface area contributed by atoms with Crippen LogP contribution in [-0.4, -0.2) is 53.0 Å². The molecule has 0 aromatic heterocycles. The molecule has 0 saturated carbocycles. The van der Waals surface area contributed by atoms with Crippen LogP contribution in [0, 0.1) is 20.8 Å². The number of likely N-dealkylation sites (tertiary alicyclic amines) is 1. The summed E-state index contributed by atoms with van der Waals surface area (Å²) in [6.45, 7) is 19.1. The molecule has 2 aromatic rings. The lowest BCUT2D eigenvalue weighted by Crippen LogP contribution is -2.53. The molecule has 5 nitrogen and oxygen atoms in total. The molecule has 200 valence electrons. The van der Waals surface area contributed by atoms with Crippen molar-refractivity contribution in [3.63, 3.8) is 0 Å². The molecule has 5 heteroatoms. The first-order valence-electron chi connectivity index (χ1n) is 14.0. The number of benzene rings is 2. The molecule has 0 aliphatic carbocycles. The standard InChI is InChI=1S/C30H39N3O2.C2H6/c1-7-33-29(34)32-19-25-15-22(4)16-26(35-6)28(25)23(5)17-27(32)30(33)8-10-31(11-9-30)18-24-13-20(2)12-21(3)14-24;1-2/h12-17,23H,7-11,18-19H2,1-6H3;1-2H3. The monoisotopic (exact) mass is 503 g/mol. The largest absolute Gasteiger partial charge is 0.496 e. The van der Waals surface area contributed by atoms with Crippen LogP contribution < -0.4 is 4.74 Å². The van der Waals surface area contributed by atoms with Crippen molar-refractivity contribution in [3.05, 3.63) is 75.5 Å². The minimum absolute atomic E-state index is 0.155. The van der Waals surface area contributed by atoms with Crippen molar-refractivity contribution >= 4 is 6.03 Å².